The van der Waals surface area contributed by atoms with Gasteiger partial charge in [0.05, 0.1) is 36.7 Å². The second-order valence-corrected chi connectivity index (χ2v) is 7.08. The molecule has 0 unspecified atom stereocenters. The third-order valence-corrected chi connectivity index (χ3v) is 4.87. The van der Waals surface area contributed by atoms with Gasteiger partial charge in [-0.25, -0.2) is 0 Å². The van der Waals surface area contributed by atoms with Gasteiger partial charge in [-0.2, -0.15) is 0 Å². The number of amides is 1. The van der Waals surface area contributed by atoms with Crippen LogP contribution < -0.4 is 19.5 Å². The molecule has 1 N–H and O–H groups in total. The lowest BCUT2D eigenvalue weighted by molar-refractivity contribution is 0.0940. The van der Waals surface area contributed by atoms with E-state index < -0.39 is 0 Å². The number of rotatable bonds is 6. The van der Waals surface area contributed by atoms with E-state index in [1.165, 1.54) is 11.3 Å². The highest BCUT2D eigenvalue weighted by molar-refractivity contribution is 9.11. The fourth-order valence-corrected chi connectivity index (χ4v) is 3.28. The SMILES string of the molecule is COc1cc([C@H](C)NC(=O)c2csc(Br)c2)cc(OC)c1OC. The molecule has 0 aliphatic rings. The van der Waals surface area contributed by atoms with Gasteiger partial charge in [0.15, 0.2) is 11.5 Å². The van der Waals surface area contributed by atoms with Gasteiger partial charge in [-0.1, -0.05) is 0 Å². The van der Waals surface area contributed by atoms with Gasteiger partial charge < -0.3 is 19.5 Å². The first-order valence-corrected chi connectivity index (χ1v) is 8.52. The fraction of sp³-hybridized carbons (Fsp3) is 0.312. The first-order chi connectivity index (χ1) is 11.0. The molecule has 1 amide bonds. The molecule has 1 aromatic heterocycles. The Bertz CT molecular complexity index is 676. The molecule has 124 valence electrons. The molecule has 2 rings (SSSR count). The molecule has 0 fully saturated rings. The third-order valence-electron chi connectivity index (χ3n) is 3.36. The Morgan fingerprint density at radius 3 is 2.17 bits per heavy atom. The molecule has 7 heteroatoms. The van der Waals surface area contributed by atoms with Crippen molar-refractivity contribution >= 4 is 33.2 Å². The number of hydrogen-bond donors (Lipinski definition) is 1. The zero-order valence-corrected chi connectivity index (χ0v) is 15.7. The molecule has 0 aliphatic heterocycles. The zero-order valence-electron chi connectivity index (χ0n) is 13.3. The minimum absolute atomic E-state index is 0.131. The number of hydrogen-bond acceptors (Lipinski definition) is 5. The summed E-state index contributed by atoms with van der Waals surface area (Å²) in [4.78, 5) is 12.3. The maximum absolute atomic E-state index is 12.3. The molecular weight excluding hydrogens is 382 g/mol. The van der Waals surface area contributed by atoms with E-state index in [9.17, 15) is 4.79 Å². The summed E-state index contributed by atoms with van der Waals surface area (Å²) in [6.07, 6.45) is 0. The summed E-state index contributed by atoms with van der Waals surface area (Å²) < 4.78 is 16.9. The Labute approximate surface area is 147 Å². The van der Waals surface area contributed by atoms with Gasteiger partial charge in [0, 0.05) is 5.38 Å². The van der Waals surface area contributed by atoms with Crippen LogP contribution in [0.5, 0.6) is 17.2 Å². The summed E-state index contributed by atoms with van der Waals surface area (Å²) in [6, 6.07) is 5.24. The molecule has 0 saturated carbocycles. The quantitative estimate of drug-likeness (QED) is 0.796. The summed E-state index contributed by atoms with van der Waals surface area (Å²) in [5.41, 5.74) is 1.49. The van der Waals surface area contributed by atoms with Crippen molar-refractivity contribution in [2.45, 2.75) is 13.0 Å². The van der Waals surface area contributed by atoms with Gasteiger partial charge >= 0.3 is 0 Å². The molecule has 1 atom stereocenters. The van der Waals surface area contributed by atoms with Gasteiger partial charge in [-0.3, -0.25) is 4.79 Å². The summed E-state index contributed by atoms with van der Waals surface area (Å²) >= 11 is 4.83. The number of ether oxygens (including phenoxy) is 3. The second kappa shape index (κ2) is 7.70. The van der Waals surface area contributed by atoms with Crippen LogP contribution in [0.25, 0.3) is 0 Å². The summed E-state index contributed by atoms with van der Waals surface area (Å²) in [6.45, 7) is 1.90. The van der Waals surface area contributed by atoms with Crippen molar-refractivity contribution in [1.29, 1.82) is 0 Å². The van der Waals surface area contributed by atoms with Gasteiger partial charge in [-0.15, -0.1) is 11.3 Å². The Morgan fingerprint density at radius 2 is 1.74 bits per heavy atom. The van der Waals surface area contributed by atoms with Crippen LogP contribution in [-0.2, 0) is 0 Å². The Morgan fingerprint density at radius 1 is 1.13 bits per heavy atom. The number of nitrogens with one attached hydrogen (secondary N) is 1. The van der Waals surface area contributed by atoms with Crippen LogP contribution in [0.2, 0.25) is 0 Å². The smallest absolute Gasteiger partial charge is 0.252 e. The largest absolute Gasteiger partial charge is 0.493 e. The van der Waals surface area contributed by atoms with Crippen molar-refractivity contribution in [2.24, 2.45) is 0 Å². The highest BCUT2D eigenvalue weighted by Gasteiger charge is 2.18. The molecule has 23 heavy (non-hydrogen) atoms. The molecule has 0 bridgehead atoms. The first kappa shape index (κ1) is 17.6. The number of halogens is 1. The van der Waals surface area contributed by atoms with Crippen molar-refractivity contribution in [3.63, 3.8) is 0 Å². The molecule has 0 radical (unpaired) electrons. The maximum Gasteiger partial charge on any atom is 0.252 e. The van der Waals surface area contributed by atoms with Crippen molar-refractivity contribution < 1.29 is 19.0 Å². The minimum atomic E-state index is -0.213. The van der Waals surface area contributed by atoms with Crippen molar-refractivity contribution in [2.75, 3.05) is 21.3 Å². The Kier molecular flexibility index (Phi) is 5.90. The minimum Gasteiger partial charge on any atom is -0.493 e. The molecule has 5 nitrogen and oxygen atoms in total. The van der Waals surface area contributed by atoms with Crippen LogP contribution in [0, 0.1) is 0 Å². The van der Waals surface area contributed by atoms with Crippen LogP contribution in [0.15, 0.2) is 27.4 Å². The molecule has 1 heterocycles. The van der Waals surface area contributed by atoms with Gasteiger partial charge in [0.2, 0.25) is 5.75 Å². The van der Waals surface area contributed by atoms with Crippen LogP contribution in [0.3, 0.4) is 0 Å². The fourth-order valence-electron chi connectivity index (χ4n) is 2.14. The van der Waals surface area contributed by atoms with E-state index in [0.717, 1.165) is 9.35 Å². The number of thiophene rings is 1. The van der Waals surface area contributed by atoms with Gasteiger partial charge in [0.1, 0.15) is 0 Å². The zero-order chi connectivity index (χ0) is 17.0. The van der Waals surface area contributed by atoms with E-state index in [0.29, 0.717) is 22.8 Å². The van der Waals surface area contributed by atoms with Crippen LogP contribution in [0.4, 0.5) is 0 Å². The predicted octanol–water partition coefficient (Wildman–Crippen LogP) is 4.03. The van der Waals surface area contributed by atoms with Crippen molar-refractivity contribution in [3.8, 4) is 17.2 Å². The normalized spacial score (nSPS) is 11.7. The van der Waals surface area contributed by atoms with E-state index in [4.69, 9.17) is 14.2 Å². The molecule has 1 aromatic carbocycles. The molecule has 0 spiro atoms. The average Bonchev–Trinajstić information content (AvgIpc) is 2.99. The summed E-state index contributed by atoms with van der Waals surface area (Å²) in [5, 5.41) is 4.77. The van der Waals surface area contributed by atoms with Crippen LogP contribution in [0.1, 0.15) is 28.9 Å². The Balaban J connectivity index is 2.25. The monoisotopic (exact) mass is 399 g/mol. The molecule has 0 saturated heterocycles. The summed E-state index contributed by atoms with van der Waals surface area (Å²) in [5.74, 6) is 1.51. The van der Waals surface area contributed by atoms with Crippen molar-refractivity contribution in [1.82, 2.24) is 5.32 Å². The van der Waals surface area contributed by atoms with Crippen molar-refractivity contribution in [3.05, 3.63) is 38.5 Å². The maximum atomic E-state index is 12.3. The van der Waals surface area contributed by atoms with E-state index in [1.54, 1.807) is 32.8 Å². The lowest BCUT2D eigenvalue weighted by Crippen LogP contribution is -2.26. The highest BCUT2D eigenvalue weighted by Crippen LogP contribution is 2.39. The van der Waals surface area contributed by atoms with Crippen LogP contribution >= 0.6 is 27.3 Å². The summed E-state index contributed by atoms with van der Waals surface area (Å²) in [7, 11) is 4.68. The predicted molar refractivity (Wildman–Crippen MR) is 94.0 cm³/mol. The lowest BCUT2D eigenvalue weighted by Gasteiger charge is -2.18. The molecule has 2 aromatic rings. The second-order valence-electron chi connectivity index (χ2n) is 4.79. The highest BCUT2D eigenvalue weighted by atomic mass is 79.9. The number of carbonyl (C=O) groups is 1. The van der Waals surface area contributed by atoms with Gasteiger partial charge in [-0.05, 0) is 46.6 Å². The molecule has 0 aliphatic carbocycles. The number of carbonyl (C=O) groups excluding carboxylic acids is 1. The standard InChI is InChI=1S/C16H18BrNO4S/c1-9(18-16(19)11-7-14(17)23-8-11)10-5-12(20-2)15(22-4)13(6-10)21-3/h5-9H,1-4H3,(H,18,19)/t9-/m0/s1. The van der Waals surface area contributed by atoms with E-state index in [2.05, 4.69) is 21.2 Å². The lowest BCUT2D eigenvalue weighted by atomic mass is 10.1. The average molecular weight is 400 g/mol. The van der Waals surface area contributed by atoms with Gasteiger partial charge in [0.25, 0.3) is 5.91 Å². The third kappa shape index (κ3) is 3.97. The Hall–Kier alpha value is -1.73. The molecular formula is C16H18BrNO4S. The van der Waals surface area contributed by atoms with E-state index in [-0.39, 0.29) is 11.9 Å². The van der Waals surface area contributed by atoms with Crippen LogP contribution in [-0.4, -0.2) is 27.2 Å². The number of methoxy groups -OCH3 is 3. The number of benzene rings is 1. The van der Waals surface area contributed by atoms with E-state index in [1.807, 2.05) is 19.1 Å². The van der Waals surface area contributed by atoms with E-state index >= 15 is 0 Å². The topological polar surface area (TPSA) is 56.8 Å². The first-order valence-electron chi connectivity index (χ1n) is 6.85.